The molecule has 2 rings (SSSR count). The van der Waals surface area contributed by atoms with Crippen molar-refractivity contribution in [2.45, 2.75) is 44.8 Å². The van der Waals surface area contributed by atoms with Crippen LogP contribution in [0.1, 0.15) is 50.3 Å². The first-order valence-electron chi connectivity index (χ1n) is 10.2. The number of rotatable bonds is 10. The Kier molecular flexibility index (Phi) is 8.28. The van der Waals surface area contributed by atoms with E-state index in [1.165, 1.54) is 31.3 Å². The Balaban J connectivity index is 2.52. The van der Waals surface area contributed by atoms with Crippen LogP contribution in [0.5, 0.6) is 0 Å². The normalized spacial score (nSPS) is 12.5. The Morgan fingerprint density at radius 1 is 1.21 bits per heavy atom. The standard InChI is InChI=1S/C22H28FN3O6S/c1-14(2)18-17(8-6-5-7-13-22(29,30)20(27)28)19(15-9-11-16(23)12-10-15)25-21(24-18)26(3)33(4,31)32/h6,8-12,14,29-30H,5,7,13H2,1-4H3,(H,27,28). The van der Waals surface area contributed by atoms with Crippen molar-refractivity contribution in [3.05, 3.63) is 47.4 Å². The second-order valence-corrected chi connectivity index (χ2v) is 9.99. The molecule has 0 amide bonds. The van der Waals surface area contributed by atoms with E-state index in [4.69, 9.17) is 5.11 Å². The van der Waals surface area contributed by atoms with Gasteiger partial charge in [0, 0.05) is 24.6 Å². The summed E-state index contributed by atoms with van der Waals surface area (Å²) >= 11 is 0. The highest BCUT2D eigenvalue weighted by atomic mass is 32.2. The number of aromatic nitrogens is 2. The van der Waals surface area contributed by atoms with Crippen LogP contribution in [-0.2, 0) is 14.8 Å². The quantitative estimate of drug-likeness (QED) is 0.347. The molecule has 0 bridgehead atoms. The first-order chi connectivity index (χ1) is 15.2. The van der Waals surface area contributed by atoms with Gasteiger partial charge in [0.05, 0.1) is 17.6 Å². The lowest BCUT2D eigenvalue weighted by molar-refractivity contribution is -0.205. The molecule has 0 aliphatic carbocycles. The summed E-state index contributed by atoms with van der Waals surface area (Å²) in [4.78, 5) is 19.7. The third-order valence-electron chi connectivity index (χ3n) is 4.93. The van der Waals surface area contributed by atoms with E-state index in [1.54, 1.807) is 12.2 Å². The van der Waals surface area contributed by atoms with Crippen molar-refractivity contribution in [2.75, 3.05) is 17.6 Å². The van der Waals surface area contributed by atoms with E-state index in [-0.39, 0.29) is 24.7 Å². The van der Waals surface area contributed by atoms with Gasteiger partial charge in [0.1, 0.15) is 5.82 Å². The Labute approximate surface area is 192 Å². The van der Waals surface area contributed by atoms with Crippen molar-refractivity contribution < 1.29 is 32.9 Å². The van der Waals surface area contributed by atoms with Crippen LogP contribution in [0.2, 0.25) is 0 Å². The van der Waals surface area contributed by atoms with Gasteiger partial charge in [-0.05, 0) is 43.0 Å². The fourth-order valence-electron chi connectivity index (χ4n) is 2.97. The second kappa shape index (κ2) is 10.4. The molecule has 33 heavy (non-hydrogen) atoms. The monoisotopic (exact) mass is 481 g/mol. The summed E-state index contributed by atoms with van der Waals surface area (Å²) in [5.74, 6) is -5.09. The molecule has 0 atom stereocenters. The van der Waals surface area contributed by atoms with Crippen LogP contribution in [-0.4, -0.2) is 58.8 Å². The Bertz CT molecular complexity index is 1130. The zero-order chi connectivity index (χ0) is 25.0. The maximum atomic E-state index is 13.5. The molecule has 1 aromatic carbocycles. The van der Waals surface area contributed by atoms with Crippen LogP contribution in [0.15, 0.2) is 30.3 Å². The zero-order valence-corrected chi connectivity index (χ0v) is 19.7. The van der Waals surface area contributed by atoms with Crippen LogP contribution in [0.3, 0.4) is 0 Å². The number of aliphatic hydroxyl groups is 2. The number of benzene rings is 1. The topological polar surface area (TPSA) is 141 Å². The number of unbranched alkanes of at least 4 members (excludes halogenated alkanes) is 1. The summed E-state index contributed by atoms with van der Waals surface area (Å²) in [6.45, 7) is 3.77. The smallest absolute Gasteiger partial charge is 0.364 e. The molecule has 0 aliphatic heterocycles. The van der Waals surface area contributed by atoms with Gasteiger partial charge in [-0.2, -0.15) is 0 Å². The minimum absolute atomic E-state index is 0.0236. The van der Waals surface area contributed by atoms with Crippen molar-refractivity contribution in [2.24, 2.45) is 0 Å². The number of halogens is 1. The summed E-state index contributed by atoms with van der Waals surface area (Å²) in [7, 11) is -2.28. The van der Waals surface area contributed by atoms with Gasteiger partial charge >= 0.3 is 5.97 Å². The van der Waals surface area contributed by atoms with Gasteiger partial charge in [-0.15, -0.1) is 0 Å². The van der Waals surface area contributed by atoms with E-state index in [1.807, 2.05) is 13.8 Å². The predicted molar refractivity (Wildman–Crippen MR) is 122 cm³/mol. The summed E-state index contributed by atoms with van der Waals surface area (Å²) in [6.07, 6.45) is 4.64. The lowest BCUT2D eigenvalue weighted by Gasteiger charge is -2.20. The maximum absolute atomic E-state index is 13.5. The average Bonchev–Trinajstić information content (AvgIpc) is 2.72. The van der Waals surface area contributed by atoms with Gasteiger partial charge in [0.15, 0.2) is 0 Å². The van der Waals surface area contributed by atoms with Crippen molar-refractivity contribution in [1.82, 2.24) is 9.97 Å². The van der Waals surface area contributed by atoms with Crippen molar-refractivity contribution in [1.29, 1.82) is 0 Å². The molecule has 0 spiro atoms. The number of carboxylic acids is 1. The molecular weight excluding hydrogens is 453 g/mol. The van der Waals surface area contributed by atoms with Crippen LogP contribution < -0.4 is 4.31 Å². The number of carbonyl (C=O) groups is 1. The van der Waals surface area contributed by atoms with E-state index >= 15 is 0 Å². The molecule has 2 aromatic rings. The number of sulfonamides is 1. The lowest BCUT2D eigenvalue weighted by Crippen LogP contribution is -2.37. The number of carboxylic acid groups (broad SMARTS) is 1. The summed E-state index contributed by atoms with van der Waals surface area (Å²) < 4.78 is 38.6. The van der Waals surface area contributed by atoms with Gasteiger partial charge in [-0.25, -0.2) is 31.9 Å². The lowest BCUT2D eigenvalue weighted by atomic mass is 9.97. The van der Waals surface area contributed by atoms with E-state index in [0.29, 0.717) is 28.9 Å². The molecule has 1 heterocycles. The molecule has 11 heteroatoms. The zero-order valence-electron chi connectivity index (χ0n) is 18.9. The minimum Gasteiger partial charge on any atom is -0.477 e. The van der Waals surface area contributed by atoms with Gasteiger partial charge in [-0.3, -0.25) is 0 Å². The largest absolute Gasteiger partial charge is 0.477 e. The molecule has 0 unspecified atom stereocenters. The molecular formula is C22H28FN3O6S. The van der Waals surface area contributed by atoms with Crippen molar-refractivity contribution >= 4 is 28.0 Å². The van der Waals surface area contributed by atoms with Crippen LogP contribution in [0.4, 0.5) is 10.3 Å². The number of hydrogen-bond donors (Lipinski definition) is 3. The second-order valence-electron chi connectivity index (χ2n) is 7.98. The van der Waals surface area contributed by atoms with E-state index < -0.39 is 27.6 Å². The Morgan fingerprint density at radius 2 is 1.82 bits per heavy atom. The van der Waals surface area contributed by atoms with Crippen LogP contribution >= 0.6 is 0 Å². The molecule has 0 saturated heterocycles. The summed E-state index contributed by atoms with van der Waals surface area (Å²) in [6, 6.07) is 5.60. The third-order valence-corrected chi connectivity index (χ3v) is 6.09. The van der Waals surface area contributed by atoms with E-state index in [0.717, 1.165) is 10.6 Å². The highest BCUT2D eigenvalue weighted by molar-refractivity contribution is 7.92. The third kappa shape index (κ3) is 6.80. The van der Waals surface area contributed by atoms with Crippen LogP contribution in [0.25, 0.3) is 17.3 Å². The van der Waals surface area contributed by atoms with Crippen molar-refractivity contribution in [3.8, 4) is 11.3 Å². The molecule has 1 aromatic heterocycles. The minimum atomic E-state index is -3.63. The SMILES string of the molecule is CC(C)c1nc(N(C)S(C)(=O)=O)nc(-c2ccc(F)cc2)c1C=CCCCC(O)(O)C(=O)O. The fourth-order valence-corrected chi connectivity index (χ4v) is 3.35. The number of hydrogen-bond acceptors (Lipinski definition) is 7. The molecule has 0 saturated carbocycles. The molecule has 0 fully saturated rings. The highest BCUT2D eigenvalue weighted by Gasteiger charge is 2.31. The number of aliphatic carboxylic acids is 1. The Morgan fingerprint density at radius 3 is 2.33 bits per heavy atom. The van der Waals surface area contributed by atoms with Gasteiger partial charge < -0.3 is 15.3 Å². The maximum Gasteiger partial charge on any atom is 0.364 e. The van der Waals surface area contributed by atoms with Crippen molar-refractivity contribution in [3.63, 3.8) is 0 Å². The molecule has 0 aliphatic rings. The molecule has 3 N–H and O–H groups in total. The van der Waals surface area contributed by atoms with Gasteiger partial charge in [-0.1, -0.05) is 26.0 Å². The predicted octanol–water partition coefficient (Wildman–Crippen LogP) is 2.75. The summed E-state index contributed by atoms with van der Waals surface area (Å²) in [5.41, 5.74) is 2.12. The number of allylic oxidation sites excluding steroid dienone is 1. The highest BCUT2D eigenvalue weighted by Crippen LogP contribution is 2.31. The number of nitrogens with zero attached hydrogens (tertiary/aromatic N) is 3. The molecule has 180 valence electrons. The van der Waals surface area contributed by atoms with Crippen LogP contribution in [0, 0.1) is 5.82 Å². The van der Waals surface area contributed by atoms with E-state index in [9.17, 15) is 27.8 Å². The molecule has 9 nitrogen and oxygen atoms in total. The van der Waals surface area contributed by atoms with Gasteiger partial charge in [0.25, 0.3) is 5.79 Å². The Hall–Kier alpha value is -2.89. The average molecular weight is 482 g/mol. The first-order valence-corrected chi connectivity index (χ1v) is 12.1. The molecule has 0 radical (unpaired) electrons. The van der Waals surface area contributed by atoms with E-state index in [2.05, 4.69) is 9.97 Å². The first kappa shape index (κ1) is 26.4. The number of anilines is 1. The van der Waals surface area contributed by atoms with Gasteiger partial charge in [0.2, 0.25) is 16.0 Å². The fraction of sp³-hybridized carbons (Fsp3) is 0.409. The summed E-state index contributed by atoms with van der Waals surface area (Å²) in [5, 5.41) is 27.6.